The highest BCUT2D eigenvalue weighted by Gasteiger charge is 2.37. The minimum absolute atomic E-state index is 0.340. The van der Waals surface area contributed by atoms with E-state index in [1.165, 1.54) is 38.8 Å². The van der Waals surface area contributed by atoms with E-state index in [1.807, 2.05) is 0 Å². The lowest BCUT2D eigenvalue weighted by Gasteiger charge is -2.48. The van der Waals surface area contributed by atoms with Crippen molar-refractivity contribution in [1.82, 2.24) is 10.2 Å². The summed E-state index contributed by atoms with van der Waals surface area (Å²) in [5, 5.41) is 3.87. The Balaban J connectivity index is 2.01. The second-order valence-corrected chi connectivity index (χ2v) is 7.31. The summed E-state index contributed by atoms with van der Waals surface area (Å²) in [5.41, 5.74) is 0.340. The number of piperazine rings is 1. The molecule has 0 aromatic heterocycles. The Morgan fingerprint density at radius 3 is 2.60 bits per heavy atom. The van der Waals surface area contributed by atoms with Gasteiger partial charge in [-0.2, -0.15) is 0 Å². The molecule has 2 heterocycles. The molecule has 2 rings (SSSR count). The van der Waals surface area contributed by atoms with Crippen molar-refractivity contribution in [3.63, 3.8) is 0 Å². The first-order valence-corrected chi connectivity index (χ1v) is 8.65. The average molecular weight is 282 g/mol. The fourth-order valence-corrected chi connectivity index (χ4v) is 3.81. The first-order valence-electron chi connectivity index (χ1n) is 8.65. The zero-order valence-corrected chi connectivity index (χ0v) is 14.0. The fraction of sp³-hybridized carbons (Fsp3) is 1.00. The molecule has 2 fully saturated rings. The van der Waals surface area contributed by atoms with Gasteiger partial charge in [-0.1, -0.05) is 27.7 Å². The Bertz CT molecular complexity index is 283. The van der Waals surface area contributed by atoms with Gasteiger partial charge in [0.2, 0.25) is 0 Å². The predicted octanol–water partition coefficient (Wildman–Crippen LogP) is 2.90. The molecule has 3 heteroatoms. The molecule has 2 aliphatic rings. The third-order valence-electron chi connectivity index (χ3n) is 5.35. The van der Waals surface area contributed by atoms with Crippen LogP contribution >= 0.6 is 0 Å². The van der Waals surface area contributed by atoms with E-state index in [1.54, 1.807) is 0 Å². The molecule has 2 atom stereocenters. The zero-order chi connectivity index (χ0) is 14.6. The summed E-state index contributed by atoms with van der Waals surface area (Å²) in [6.45, 7) is 14.9. The summed E-state index contributed by atoms with van der Waals surface area (Å²) in [7, 11) is 0. The summed E-state index contributed by atoms with van der Waals surface area (Å²) in [6.07, 6.45) is 5.03. The maximum absolute atomic E-state index is 5.58. The topological polar surface area (TPSA) is 24.5 Å². The molecule has 0 bridgehead atoms. The molecule has 20 heavy (non-hydrogen) atoms. The molecular weight excluding hydrogens is 248 g/mol. The Morgan fingerprint density at radius 2 is 2.05 bits per heavy atom. The molecule has 0 amide bonds. The maximum Gasteiger partial charge on any atom is 0.0507 e. The standard InChI is InChI=1S/C17H34N2O/c1-5-17(6-2)13-19(11-15-7-8-20-12-15)16(10-18-17)9-14(3)4/h14-16,18H,5-13H2,1-4H3. The summed E-state index contributed by atoms with van der Waals surface area (Å²) in [5.74, 6) is 1.54. The van der Waals surface area contributed by atoms with E-state index in [2.05, 4.69) is 37.9 Å². The lowest BCUT2D eigenvalue weighted by molar-refractivity contribution is 0.0473. The third-order valence-corrected chi connectivity index (χ3v) is 5.35. The number of hydrogen-bond acceptors (Lipinski definition) is 3. The van der Waals surface area contributed by atoms with Gasteiger partial charge in [0, 0.05) is 37.8 Å². The van der Waals surface area contributed by atoms with Gasteiger partial charge < -0.3 is 10.1 Å². The monoisotopic (exact) mass is 282 g/mol. The Morgan fingerprint density at radius 1 is 1.30 bits per heavy atom. The van der Waals surface area contributed by atoms with Crippen molar-refractivity contribution >= 4 is 0 Å². The van der Waals surface area contributed by atoms with E-state index in [4.69, 9.17) is 4.74 Å². The van der Waals surface area contributed by atoms with Gasteiger partial charge in [0.25, 0.3) is 0 Å². The molecule has 0 spiro atoms. The van der Waals surface area contributed by atoms with E-state index in [0.29, 0.717) is 11.6 Å². The highest BCUT2D eigenvalue weighted by Crippen LogP contribution is 2.27. The van der Waals surface area contributed by atoms with Crippen LogP contribution in [-0.4, -0.2) is 49.3 Å². The van der Waals surface area contributed by atoms with Crippen LogP contribution in [0.25, 0.3) is 0 Å². The van der Waals surface area contributed by atoms with Gasteiger partial charge in [0.1, 0.15) is 0 Å². The maximum atomic E-state index is 5.58. The number of ether oxygens (including phenoxy) is 1. The lowest BCUT2D eigenvalue weighted by Crippen LogP contribution is -2.64. The van der Waals surface area contributed by atoms with Crippen LogP contribution in [0.5, 0.6) is 0 Å². The van der Waals surface area contributed by atoms with Crippen LogP contribution in [0.2, 0.25) is 0 Å². The number of hydrogen-bond donors (Lipinski definition) is 1. The van der Waals surface area contributed by atoms with E-state index >= 15 is 0 Å². The van der Waals surface area contributed by atoms with Crippen molar-refractivity contribution in [2.24, 2.45) is 11.8 Å². The summed E-state index contributed by atoms with van der Waals surface area (Å²) in [4.78, 5) is 2.78. The minimum Gasteiger partial charge on any atom is -0.381 e. The van der Waals surface area contributed by atoms with Crippen molar-refractivity contribution in [1.29, 1.82) is 0 Å². The molecule has 1 N–H and O–H groups in total. The number of nitrogens with one attached hydrogen (secondary N) is 1. The van der Waals surface area contributed by atoms with Gasteiger partial charge in [0.05, 0.1) is 6.61 Å². The molecule has 2 unspecified atom stereocenters. The van der Waals surface area contributed by atoms with E-state index in [9.17, 15) is 0 Å². The molecule has 3 nitrogen and oxygen atoms in total. The van der Waals surface area contributed by atoms with Crippen molar-refractivity contribution in [3.8, 4) is 0 Å². The second kappa shape index (κ2) is 7.24. The largest absolute Gasteiger partial charge is 0.381 e. The van der Waals surface area contributed by atoms with Crippen LogP contribution in [0.4, 0.5) is 0 Å². The van der Waals surface area contributed by atoms with Gasteiger partial charge in [0.15, 0.2) is 0 Å². The summed E-state index contributed by atoms with van der Waals surface area (Å²) in [6, 6.07) is 0.710. The van der Waals surface area contributed by atoms with Crippen LogP contribution in [0.15, 0.2) is 0 Å². The molecule has 0 aliphatic carbocycles. The fourth-order valence-electron chi connectivity index (χ4n) is 3.81. The predicted molar refractivity (Wildman–Crippen MR) is 85.1 cm³/mol. The van der Waals surface area contributed by atoms with Crippen molar-refractivity contribution in [2.75, 3.05) is 32.8 Å². The van der Waals surface area contributed by atoms with Gasteiger partial charge >= 0.3 is 0 Å². The van der Waals surface area contributed by atoms with Gasteiger partial charge in [-0.15, -0.1) is 0 Å². The number of nitrogens with zero attached hydrogens (tertiary/aromatic N) is 1. The van der Waals surface area contributed by atoms with E-state index in [0.717, 1.165) is 31.6 Å². The summed E-state index contributed by atoms with van der Waals surface area (Å²) >= 11 is 0. The molecule has 2 saturated heterocycles. The highest BCUT2D eigenvalue weighted by molar-refractivity contribution is 4.97. The number of rotatable bonds is 6. The third kappa shape index (κ3) is 3.96. The van der Waals surface area contributed by atoms with E-state index in [-0.39, 0.29) is 0 Å². The van der Waals surface area contributed by atoms with Gasteiger partial charge in [-0.3, -0.25) is 4.90 Å². The van der Waals surface area contributed by atoms with Crippen LogP contribution < -0.4 is 5.32 Å². The quantitative estimate of drug-likeness (QED) is 0.811. The Kier molecular flexibility index (Phi) is 5.88. The molecule has 118 valence electrons. The second-order valence-electron chi connectivity index (χ2n) is 7.31. The minimum atomic E-state index is 0.340. The molecule has 0 aromatic carbocycles. The van der Waals surface area contributed by atoms with Crippen molar-refractivity contribution in [3.05, 3.63) is 0 Å². The Hall–Kier alpha value is -0.120. The van der Waals surface area contributed by atoms with Crippen LogP contribution in [0, 0.1) is 11.8 Å². The molecule has 0 aromatic rings. The lowest BCUT2D eigenvalue weighted by atomic mass is 9.86. The van der Waals surface area contributed by atoms with Crippen LogP contribution in [0.1, 0.15) is 53.4 Å². The van der Waals surface area contributed by atoms with E-state index < -0.39 is 0 Å². The summed E-state index contributed by atoms with van der Waals surface area (Å²) < 4.78 is 5.58. The Labute approximate surface area is 125 Å². The van der Waals surface area contributed by atoms with Crippen LogP contribution in [0.3, 0.4) is 0 Å². The SMILES string of the molecule is CCC1(CC)CN(CC2CCOC2)C(CC(C)C)CN1. The normalized spacial score (nSPS) is 31.1. The van der Waals surface area contributed by atoms with Crippen LogP contribution in [-0.2, 0) is 4.74 Å². The molecule has 2 aliphatic heterocycles. The van der Waals surface area contributed by atoms with Crippen molar-refractivity contribution < 1.29 is 4.74 Å². The highest BCUT2D eigenvalue weighted by atomic mass is 16.5. The molecular formula is C17H34N2O. The smallest absolute Gasteiger partial charge is 0.0507 e. The molecule has 0 radical (unpaired) electrons. The van der Waals surface area contributed by atoms with Gasteiger partial charge in [-0.25, -0.2) is 0 Å². The first-order chi connectivity index (χ1) is 9.58. The van der Waals surface area contributed by atoms with Gasteiger partial charge in [-0.05, 0) is 37.5 Å². The first kappa shape index (κ1) is 16.3. The zero-order valence-electron chi connectivity index (χ0n) is 14.0. The average Bonchev–Trinajstić information content (AvgIpc) is 2.93. The molecule has 0 saturated carbocycles. The van der Waals surface area contributed by atoms with Crippen molar-refractivity contribution in [2.45, 2.75) is 65.0 Å².